The Hall–Kier alpha value is -3.13. The first-order valence-corrected chi connectivity index (χ1v) is 11.3. The Bertz CT molecular complexity index is 1110. The van der Waals surface area contributed by atoms with Gasteiger partial charge in [-0.3, -0.25) is 9.69 Å². The first kappa shape index (κ1) is 24.0. The van der Waals surface area contributed by atoms with E-state index >= 15 is 0 Å². The Kier molecular flexibility index (Phi) is 7.67. The summed E-state index contributed by atoms with van der Waals surface area (Å²) in [4.78, 5) is 18.4. The van der Waals surface area contributed by atoms with E-state index in [0.29, 0.717) is 30.3 Å². The maximum atomic E-state index is 12.2. The van der Waals surface area contributed by atoms with Crippen LogP contribution in [0.5, 0.6) is 17.4 Å². The molecule has 2 N–H and O–H groups in total. The molecular weight excluding hydrogens is 454 g/mol. The third-order valence-electron chi connectivity index (χ3n) is 6.01. The van der Waals surface area contributed by atoms with Crippen LogP contribution in [0.25, 0.3) is 0 Å². The largest absolute Gasteiger partial charge is 0.485 e. The molecule has 34 heavy (non-hydrogen) atoms. The highest BCUT2D eigenvalue weighted by molar-refractivity contribution is 5.92. The molecule has 3 aromatic rings. The highest BCUT2D eigenvalue weighted by Gasteiger charge is 2.23. The Morgan fingerprint density at radius 1 is 1.15 bits per heavy atom. The van der Waals surface area contributed by atoms with Crippen molar-refractivity contribution in [1.82, 2.24) is 9.88 Å². The van der Waals surface area contributed by atoms with Crippen molar-refractivity contribution >= 4 is 24.0 Å². The number of carbonyl (C=O) groups excluding carboxylic acids is 1. The van der Waals surface area contributed by atoms with Gasteiger partial charge in [0.1, 0.15) is 17.6 Å². The summed E-state index contributed by atoms with van der Waals surface area (Å²) in [5, 5.41) is 12.4. The maximum Gasteiger partial charge on any atom is 0.238 e. The van der Waals surface area contributed by atoms with Crippen LogP contribution in [0.3, 0.4) is 0 Å². The fourth-order valence-electron chi connectivity index (χ4n) is 4.33. The summed E-state index contributed by atoms with van der Waals surface area (Å²) in [5.41, 5.74) is 2.92. The summed E-state index contributed by atoms with van der Waals surface area (Å²) < 4.78 is 12.1. The molecule has 8 heteroatoms. The maximum absolute atomic E-state index is 12.2. The number of hydrogen-bond acceptors (Lipinski definition) is 6. The number of pyridine rings is 1. The third kappa shape index (κ3) is 5.86. The van der Waals surface area contributed by atoms with E-state index in [1.165, 1.54) is 5.56 Å². The second-order valence-electron chi connectivity index (χ2n) is 8.54. The molecule has 5 rings (SSSR count). The molecule has 2 unspecified atom stereocenters. The standard InChI is InChI=1S/C26H27N3O4.ClH/c30-21-12-13-29(16-21)17-25(31)28-20-7-11-26(27-15-20)32-22-8-10-24-19(14-22)6-9-23(33-24)18-4-2-1-3-5-18;/h1-5,7-8,10-11,14-15,21,23,30H,6,9,12-13,16-17H2,(H,28,31);1H. The molecule has 2 aliphatic rings. The second-order valence-corrected chi connectivity index (χ2v) is 8.54. The minimum absolute atomic E-state index is 0. The second kappa shape index (κ2) is 10.9. The normalized spacial score (nSPS) is 19.4. The molecule has 0 aliphatic carbocycles. The van der Waals surface area contributed by atoms with Crippen molar-refractivity contribution in [3.63, 3.8) is 0 Å². The fraction of sp³-hybridized carbons (Fsp3) is 0.308. The highest BCUT2D eigenvalue weighted by atomic mass is 35.5. The lowest BCUT2D eigenvalue weighted by molar-refractivity contribution is -0.117. The van der Waals surface area contributed by atoms with Gasteiger partial charge in [-0.05, 0) is 54.7 Å². The van der Waals surface area contributed by atoms with E-state index in [9.17, 15) is 9.90 Å². The Labute approximate surface area is 205 Å². The van der Waals surface area contributed by atoms with Crippen LogP contribution in [0.2, 0.25) is 0 Å². The van der Waals surface area contributed by atoms with Gasteiger partial charge in [0.25, 0.3) is 0 Å². The number of ether oxygens (including phenoxy) is 2. The zero-order chi connectivity index (χ0) is 22.6. The lowest BCUT2D eigenvalue weighted by atomic mass is 9.97. The molecule has 3 heterocycles. The van der Waals surface area contributed by atoms with Crippen molar-refractivity contribution in [1.29, 1.82) is 0 Å². The lowest BCUT2D eigenvalue weighted by Crippen LogP contribution is -2.32. The molecule has 0 bridgehead atoms. The summed E-state index contributed by atoms with van der Waals surface area (Å²) in [6, 6.07) is 19.6. The van der Waals surface area contributed by atoms with Crippen LogP contribution in [-0.4, -0.2) is 46.6 Å². The number of aromatic nitrogens is 1. The number of nitrogens with one attached hydrogen (secondary N) is 1. The van der Waals surface area contributed by atoms with E-state index in [1.54, 1.807) is 18.3 Å². The van der Waals surface area contributed by atoms with E-state index < -0.39 is 0 Å². The first-order chi connectivity index (χ1) is 16.1. The van der Waals surface area contributed by atoms with Crippen molar-refractivity contribution < 1.29 is 19.4 Å². The number of amides is 1. The number of carbonyl (C=O) groups is 1. The molecule has 2 atom stereocenters. The number of rotatable bonds is 6. The average molecular weight is 482 g/mol. The van der Waals surface area contributed by atoms with Crippen LogP contribution < -0.4 is 14.8 Å². The molecule has 0 spiro atoms. The molecule has 2 aromatic carbocycles. The van der Waals surface area contributed by atoms with Gasteiger partial charge in [-0.25, -0.2) is 4.98 Å². The van der Waals surface area contributed by atoms with Gasteiger partial charge in [-0.1, -0.05) is 30.3 Å². The summed E-state index contributed by atoms with van der Waals surface area (Å²) in [6.45, 7) is 1.53. The summed E-state index contributed by atoms with van der Waals surface area (Å²) in [5.74, 6) is 1.92. The van der Waals surface area contributed by atoms with Gasteiger partial charge in [-0.15, -0.1) is 12.4 Å². The van der Waals surface area contributed by atoms with Gasteiger partial charge in [-0.2, -0.15) is 0 Å². The first-order valence-electron chi connectivity index (χ1n) is 11.3. The number of aryl methyl sites for hydroxylation is 1. The van der Waals surface area contributed by atoms with Crippen molar-refractivity contribution in [2.75, 3.05) is 25.0 Å². The van der Waals surface area contributed by atoms with Crippen molar-refractivity contribution in [2.45, 2.75) is 31.5 Å². The molecule has 2 aliphatic heterocycles. The number of nitrogens with zero attached hydrogens (tertiary/aromatic N) is 2. The minimum Gasteiger partial charge on any atom is -0.485 e. The molecule has 1 aromatic heterocycles. The predicted molar refractivity (Wildman–Crippen MR) is 132 cm³/mol. The summed E-state index contributed by atoms with van der Waals surface area (Å²) >= 11 is 0. The molecule has 1 saturated heterocycles. The molecule has 1 fully saturated rings. The number of fused-ring (bicyclic) bond motifs is 1. The third-order valence-corrected chi connectivity index (χ3v) is 6.01. The molecule has 0 radical (unpaired) electrons. The van der Waals surface area contributed by atoms with Gasteiger partial charge in [0.2, 0.25) is 11.8 Å². The number of likely N-dealkylation sites (tertiary alicyclic amines) is 1. The van der Waals surface area contributed by atoms with Gasteiger partial charge >= 0.3 is 0 Å². The van der Waals surface area contributed by atoms with Crippen LogP contribution in [-0.2, 0) is 11.2 Å². The number of aliphatic hydroxyl groups excluding tert-OH is 1. The quantitative estimate of drug-likeness (QED) is 0.544. The van der Waals surface area contributed by atoms with Crippen LogP contribution in [0.1, 0.15) is 30.1 Å². The van der Waals surface area contributed by atoms with Crippen molar-refractivity contribution in [2.24, 2.45) is 0 Å². The Morgan fingerprint density at radius 2 is 2.00 bits per heavy atom. The monoisotopic (exact) mass is 481 g/mol. The van der Waals surface area contributed by atoms with Crippen LogP contribution >= 0.6 is 12.4 Å². The van der Waals surface area contributed by atoms with Gasteiger partial charge < -0.3 is 19.9 Å². The summed E-state index contributed by atoms with van der Waals surface area (Å²) in [6.07, 6.45) is 3.87. The molecule has 0 saturated carbocycles. The van der Waals surface area contributed by atoms with Gasteiger partial charge in [0.15, 0.2) is 0 Å². The van der Waals surface area contributed by atoms with E-state index in [2.05, 4.69) is 22.4 Å². The number of β-amino-alcohol motifs (C(OH)–C–C–N with tert-alkyl or cyclic N) is 1. The van der Waals surface area contributed by atoms with Crippen LogP contribution in [0.15, 0.2) is 66.9 Å². The number of anilines is 1. The molecular formula is C26H28ClN3O4. The number of halogens is 1. The van der Waals surface area contributed by atoms with Gasteiger partial charge in [0, 0.05) is 19.2 Å². The van der Waals surface area contributed by atoms with Crippen molar-refractivity contribution in [3.8, 4) is 17.4 Å². The topological polar surface area (TPSA) is 83.9 Å². The SMILES string of the molecule is Cl.O=C(CN1CCC(O)C1)Nc1ccc(Oc2ccc3c(c2)CCC(c2ccccc2)O3)nc1. The minimum atomic E-state index is -0.337. The van der Waals surface area contributed by atoms with E-state index in [0.717, 1.165) is 30.7 Å². The van der Waals surface area contributed by atoms with E-state index in [-0.39, 0.29) is 37.1 Å². The number of hydrogen-bond donors (Lipinski definition) is 2. The van der Waals surface area contributed by atoms with Crippen LogP contribution in [0.4, 0.5) is 5.69 Å². The Morgan fingerprint density at radius 3 is 2.74 bits per heavy atom. The van der Waals surface area contributed by atoms with E-state index in [1.807, 2.05) is 41.3 Å². The van der Waals surface area contributed by atoms with Crippen molar-refractivity contribution in [3.05, 3.63) is 78.0 Å². The number of benzene rings is 2. The average Bonchev–Trinajstić information content (AvgIpc) is 3.24. The molecule has 1 amide bonds. The zero-order valence-electron chi connectivity index (χ0n) is 18.7. The van der Waals surface area contributed by atoms with Crippen LogP contribution in [0, 0.1) is 0 Å². The predicted octanol–water partition coefficient (Wildman–Crippen LogP) is 4.37. The Balaban J connectivity index is 0.00000274. The van der Waals surface area contributed by atoms with Gasteiger partial charge in [0.05, 0.1) is 24.5 Å². The smallest absolute Gasteiger partial charge is 0.238 e. The summed E-state index contributed by atoms with van der Waals surface area (Å²) in [7, 11) is 0. The fourth-order valence-corrected chi connectivity index (χ4v) is 4.33. The molecule has 7 nitrogen and oxygen atoms in total. The molecule has 178 valence electrons. The van der Waals surface area contributed by atoms with E-state index in [4.69, 9.17) is 9.47 Å². The lowest BCUT2D eigenvalue weighted by Gasteiger charge is -2.26. The number of aliphatic hydroxyl groups is 1. The zero-order valence-corrected chi connectivity index (χ0v) is 19.5. The highest BCUT2D eigenvalue weighted by Crippen LogP contribution is 2.37.